The molecule has 0 aromatic carbocycles. The molecule has 3 rings (SSSR count). The second-order valence-corrected chi connectivity index (χ2v) is 6.27. The zero-order valence-electron chi connectivity index (χ0n) is 12.2. The Labute approximate surface area is 116 Å². The maximum Gasteiger partial charge on any atom is 0.120 e. The lowest BCUT2D eigenvalue weighted by Crippen LogP contribution is -2.19. The second-order valence-electron chi connectivity index (χ2n) is 6.27. The zero-order chi connectivity index (χ0) is 13.2. The summed E-state index contributed by atoms with van der Waals surface area (Å²) in [6.45, 7) is 8.82. The van der Waals surface area contributed by atoms with Crippen molar-refractivity contribution in [2.75, 3.05) is 13.1 Å². The molecule has 2 fully saturated rings. The molecular weight excluding hydrogens is 236 g/mol. The third-order valence-electron chi connectivity index (χ3n) is 4.53. The van der Waals surface area contributed by atoms with E-state index in [0.717, 1.165) is 36.6 Å². The number of likely N-dealkylation sites (tertiary alicyclic amines) is 1. The summed E-state index contributed by atoms with van der Waals surface area (Å²) < 4.78 is 6.02. The summed E-state index contributed by atoms with van der Waals surface area (Å²) in [4.78, 5) is 2.53. The number of nitrogens with one attached hydrogen (secondary N) is 1. The highest BCUT2D eigenvalue weighted by molar-refractivity contribution is 5.20. The quantitative estimate of drug-likeness (QED) is 0.854. The molecule has 3 heteroatoms. The van der Waals surface area contributed by atoms with E-state index in [4.69, 9.17) is 4.42 Å². The van der Waals surface area contributed by atoms with Crippen molar-refractivity contribution in [3.63, 3.8) is 0 Å². The fourth-order valence-electron chi connectivity index (χ4n) is 2.98. The van der Waals surface area contributed by atoms with Gasteiger partial charge in [0, 0.05) is 12.6 Å². The highest BCUT2D eigenvalue weighted by atomic mass is 16.3. The molecule has 1 aromatic rings. The van der Waals surface area contributed by atoms with Gasteiger partial charge in [-0.2, -0.15) is 0 Å². The number of aryl methyl sites for hydroxylation is 1. The predicted molar refractivity (Wildman–Crippen MR) is 77.0 cm³/mol. The Bertz CT molecular complexity index is 422. The summed E-state index contributed by atoms with van der Waals surface area (Å²) in [7, 11) is 0. The topological polar surface area (TPSA) is 28.4 Å². The van der Waals surface area contributed by atoms with Crippen molar-refractivity contribution in [3.8, 4) is 0 Å². The minimum Gasteiger partial charge on any atom is -0.463 e. The molecule has 106 valence electrons. The average Bonchev–Trinajstić information content (AvgIpc) is 3.01. The van der Waals surface area contributed by atoms with Crippen molar-refractivity contribution < 1.29 is 4.42 Å². The Kier molecular flexibility index (Phi) is 3.94. The van der Waals surface area contributed by atoms with Crippen LogP contribution < -0.4 is 5.32 Å². The molecule has 1 saturated carbocycles. The molecule has 0 radical (unpaired) electrons. The molecule has 1 N–H and O–H groups in total. The molecule has 0 spiro atoms. The van der Waals surface area contributed by atoms with E-state index in [9.17, 15) is 0 Å². The fourth-order valence-corrected chi connectivity index (χ4v) is 2.98. The SMILES string of the molecule is CCC1CCN(Cc2cc(C)c(CNC3CC3)o2)C1. The first kappa shape index (κ1) is 13.2. The van der Waals surface area contributed by atoms with E-state index in [0.29, 0.717) is 0 Å². The van der Waals surface area contributed by atoms with Gasteiger partial charge in [0.2, 0.25) is 0 Å². The molecule has 2 aliphatic rings. The summed E-state index contributed by atoms with van der Waals surface area (Å²) in [6, 6.07) is 2.97. The molecule has 1 aliphatic heterocycles. The predicted octanol–water partition coefficient (Wildman–Crippen LogP) is 3.07. The Balaban J connectivity index is 1.54. The molecular formula is C16H26N2O. The molecule has 0 bridgehead atoms. The van der Waals surface area contributed by atoms with Gasteiger partial charge < -0.3 is 9.73 Å². The monoisotopic (exact) mass is 262 g/mol. The second kappa shape index (κ2) is 5.68. The maximum absolute atomic E-state index is 6.02. The van der Waals surface area contributed by atoms with Crippen molar-refractivity contribution in [1.29, 1.82) is 0 Å². The molecule has 1 aliphatic carbocycles. The normalized spacial score (nSPS) is 24.2. The first-order chi connectivity index (χ1) is 9.24. The van der Waals surface area contributed by atoms with Crippen molar-refractivity contribution in [2.24, 2.45) is 5.92 Å². The van der Waals surface area contributed by atoms with Crippen LogP contribution in [0.3, 0.4) is 0 Å². The maximum atomic E-state index is 6.02. The molecule has 1 atom stereocenters. The van der Waals surface area contributed by atoms with Crippen LogP contribution in [0.15, 0.2) is 10.5 Å². The van der Waals surface area contributed by atoms with E-state index in [1.807, 2.05) is 0 Å². The van der Waals surface area contributed by atoms with Gasteiger partial charge in [0.15, 0.2) is 0 Å². The summed E-state index contributed by atoms with van der Waals surface area (Å²) in [5, 5.41) is 3.53. The summed E-state index contributed by atoms with van der Waals surface area (Å²) in [5.41, 5.74) is 1.30. The fraction of sp³-hybridized carbons (Fsp3) is 0.750. The molecule has 1 saturated heterocycles. The lowest BCUT2D eigenvalue weighted by Gasteiger charge is -2.13. The van der Waals surface area contributed by atoms with Gasteiger partial charge in [-0.1, -0.05) is 13.3 Å². The van der Waals surface area contributed by atoms with Crippen molar-refractivity contribution >= 4 is 0 Å². The van der Waals surface area contributed by atoms with Gasteiger partial charge in [-0.25, -0.2) is 0 Å². The van der Waals surface area contributed by atoms with E-state index in [1.165, 1.54) is 44.3 Å². The third kappa shape index (κ3) is 3.40. The van der Waals surface area contributed by atoms with Gasteiger partial charge in [0.05, 0.1) is 13.1 Å². The largest absolute Gasteiger partial charge is 0.463 e. The minimum absolute atomic E-state index is 0.747. The number of furan rings is 1. The molecule has 3 nitrogen and oxygen atoms in total. The van der Waals surface area contributed by atoms with Gasteiger partial charge in [-0.05, 0) is 50.3 Å². The molecule has 0 amide bonds. The van der Waals surface area contributed by atoms with Crippen LogP contribution in [0.2, 0.25) is 0 Å². The van der Waals surface area contributed by atoms with Gasteiger partial charge >= 0.3 is 0 Å². The Morgan fingerprint density at radius 2 is 2.21 bits per heavy atom. The third-order valence-corrected chi connectivity index (χ3v) is 4.53. The Morgan fingerprint density at radius 1 is 1.37 bits per heavy atom. The highest BCUT2D eigenvalue weighted by Crippen LogP contribution is 2.24. The Hall–Kier alpha value is -0.800. The molecule has 2 heterocycles. The van der Waals surface area contributed by atoms with Crippen LogP contribution in [-0.4, -0.2) is 24.0 Å². The first-order valence-electron chi connectivity index (χ1n) is 7.78. The van der Waals surface area contributed by atoms with Crippen molar-refractivity contribution in [3.05, 3.63) is 23.2 Å². The van der Waals surface area contributed by atoms with Crippen LogP contribution in [0.5, 0.6) is 0 Å². The zero-order valence-corrected chi connectivity index (χ0v) is 12.2. The summed E-state index contributed by atoms with van der Waals surface area (Å²) in [6.07, 6.45) is 5.33. The van der Waals surface area contributed by atoms with E-state index in [-0.39, 0.29) is 0 Å². The Morgan fingerprint density at radius 3 is 2.89 bits per heavy atom. The minimum atomic E-state index is 0.747. The standard InChI is InChI=1S/C16H26N2O/c1-3-13-6-7-18(10-13)11-15-8-12(2)16(19-15)9-17-14-4-5-14/h8,13-14,17H,3-7,9-11H2,1-2H3. The van der Waals surface area contributed by atoms with Crippen LogP contribution in [0, 0.1) is 12.8 Å². The molecule has 1 unspecified atom stereocenters. The van der Waals surface area contributed by atoms with Crippen LogP contribution in [0.1, 0.15) is 49.7 Å². The van der Waals surface area contributed by atoms with Crippen LogP contribution >= 0.6 is 0 Å². The lowest BCUT2D eigenvalue weighted by atomic mass is 10.1. The highest BCUT2D eigenvalue weighted by Gasteiger charge is 2.23. The van der Waals surface area contributed by atoms with Crippen LogP contribution in [0.4, 0.5) is 0 Å². The smallest absolute Gasteiger partial charge is 0.120 e. The van der Waals surface area contributed by atoms with E-state index in [1.54, 1.807) is 0 Å². The number of rotatable bonds is 6. The average molecular weight is 262 g/mol. The van der Waals surface area contributed by atoms with Crippen molar-refractivity contribution in [2.45, 2.75) is 58.7 Å². The van der Waals surface area contributed by atoms with Gasteiger partial charge in [0.1, 0.15) is 11.5 Å². The first-order valence-corrected chi connectivity index (χ1v) is 7.78. The number of hydrogen-bond donors (Lipinski definition) is 1. The van der Waals surface area contributed by atoms with E-state index < -0.39 is 0 Å². The number of hydrogen-bond acceptors (Lipinski definition) is 3. The van der Waals surface area contributed by atoms with Gasteiger partial charge in [-0.3, -0.25) is 4.90 Å². The van der Waals surface area contributed by atoms with E-state index in [2.05, 4.69) is 30.1 Å². The summed E-state index contributed by atoms with van der Waals surface area (Å²) >= 11 is 0. The van der Waals surface area contributed by atoms with Crippen LogP contribution in [-0.2, 0) is 13.1 Å². The lowest BCUT2D eigenvalue weighted by molar-refractivity contribution is 0.280. The van der Waals surface area contributed by atoms with Gasteiger partial charge in [0.25, 0.3) is 0 Å². The van der Waals surface area contributed by atoms with E-state index >= 15 is 0 Å². The summed E-state index contributed by atoms with van der Waals surface area (Å²) in [5.74, 6) is 3.17. The molecule has 19 heavy (non-hydrogen) atoms. The molecule has 1 aromatic heterocycles. The number of nitrogens with zero attached hydrogens (tertiary/aromatic N) is 1. The van der Waals surface area contributed by atoms with Crippen molar-refractivity contribution in [1.82, 2.24) is 10.2 Å². The van der Waals surface area contributed by atoms with Gasteiger partial charge in [-0.15, -0.1) is 0 Å². The van der Waals surface area contributed by atoms with Crippen LogP contribution in [0.25, 0.3) is 0 Å².